The molecule has 0 aliphatic heterocycles. The number of benzene rings is 21. The molecule has 0 radical (unpaired) electrons. The third-order valence-corrected chi connectivity index (χ3v) is 30.2. The summed E-state index contributed by atoms with van der Waals surface area (Å²) in [6, 6.07) is 172. The first-order valence-electron chi connectivity index (χ1n) is 47.2. The number of hydrogen-bond donors (Lipinski definition) is 0. The highest BCUT2D eigenvalue weighted by Gasteiger charge is 2.38. The fourth-order valence-electron chi connectivity index (χ4n) is 23.0. The SMILES string of the molecule is CC1(C)c2ccccc2-c2c1ccc1c2c2cc(-c3ccc4c(c3)c3ccccc3n4-c3ccccc3)ccc2n1-c1ccccc1.c1ccc(-n2c3ccccc3c3cc(-c4ccc5c(c4)c4ccc6oc7ccccc7c6c4n5-c4ccccc4)ccc32)cc1.c1ccc(-n2c3ccccc3c3cc(-c4ccc5c(c4)c4ccc6sc7ccccc7c6c4n5-c4ccccc4)ccc32)cc1. The van der Waals surface area contributed by atoms with Crippen LogP contribution in [0.15, 0.2) is 478 Å². The zero-order valence-electron chi connectivity index (χ0n) is 75.0. The molecule has 1 aliphatic carbocycles. The summed E-state index contributed by atoms with van der Waals surface area (Å²) in [6.07, 6.45) is 0. The molecule has 30 rings (SSSR count). The first kappa shape index (κ1) is 78.1. The van der Waals surface area contributed by atoms with Gasteiger partial charge in [-0.05, 0) is 256 Å². The molecule has 0 saturated heterocycles. The molecule has 8 heteroatoms. The average molecular weight is 1770 g/mol. The minimum atomic E-state index is -0.0586. The van der Waals surface area contributed by atoms with E-state index in [0.29, 0.717) is 0 Å². The van der Waals surface area contributed by atoms with Gasteiger partial charge >= 0.3 is 0 Å². The second-order valence-corrected chi connectivity index (χ2v) is 38.0. The molecule has 8 heterocycles. The van der Waals surface area contributed by atoms with E-state index in [1.807, 2.05) is 17.4 Å². The molecule has 7 nitrogen and oxygen atoms in total. The second kappa shape index (κ2) is 30.8. The van der Waals surface area contributed by atoms with Crippen LogP contribution in [0.4, 0.5) is 0 Å². The Morgan fingerprint density at radius 2 is 0.504 bits per heavy atom. The van der Waals surface area contributed by atoms with Gasteiger partial charge in [0.1, 0.15) is 11.2 Å². The molecule has 0 spiro atoms. The van der Waals surface area contributed by atoms with Gasteiger partial charge in [0.05, 0.1) is 71.6 Å². The van der Waals surface area contributed by atoms with Crippen molar-refractivity contribution in [3.8, 4) is 78.6 Å². The number of rotatable bonds is 9. The average Bonchev–Trinajstić information content (AvgIpc) is 1.41. The van der Waals surface area contributed by atoms with Gasteiger partial charge in [-0.3, -0.25) is 0 Å². The first-order valence-corrected chi connectivity index (χ1v) is 48.0. The maximum absolute atomic E-state index is 6.34. The molecule has 0 atom stereocenters. The predicted molar refractivity (Wildman–Crippen MR) is 579 cm³/mol. The van der Waals surface area contributed by atoms with E-state index in [1.165, 1.54) is 235 Å². The zero-order chi connectivity index (χ0) is 90.2. The molecule has 0 N–H and O–H groups in total. The predicted octanol–water partition coefficient (Wildman–Crippen LogP) is 35.2. The number of furan rings is 1. The van der Waals surface area contributed by atoms with Crippen molar-refractivity contribution in [2.45, 2.75) is 19.3 Å². The smallest absolute Gasteiger partial charge is 0.137 e. The highest BCUT2D eigenvalue weighted by atomic mass is 32.1. The van der Waals surface area contributed by atoms with Gasteiger partial charge in [-0.25, -0.2) is 0 Å². The van der Waals surface area contributed by atoms with Crippen molar-refractivity contribution >= 4 is 184 Å². The van der Waals surface area contributed by atoms with Crippen molar-refractivity contribution in [3.63, 3.8) is 0 Å². The van der Waals surface area contributed by atoms with Crippen molar-refractivity contribution in [2.75, 3.05) is 0 Å². The van der Waals surface area contributed by atoms with E-state index < -0.39 is 0 Å². The van der Waals surface area contributed by atoms with Crippen LogP contribution in [0.2, 0.25) is 0 Å². The van der Waals surface area contributed by atoms with E-state index in [4.69, 9.17) is 4.42 Å². The maximum atomic E-state index is 6.34. The Hall–Kier alpha value is -17.6. The second-order valence-electron chi connectivity index (χ2n) is 36.9. The molecule has 137 heavy (non-hydrogen) atoms. The van der Waals surface area contributed by atoms with Crippen LogP contribution in [0.5, 0.6) is 0 Å². The minimum Gasteiger partial charge on any atom is -0.456 e. The number of para-hydroxylation sites is 10. The summed E-state index contributed by atoms with van der Waals surface area (Å²) in [7, 11) is 0. The molecule has 0 saturated carbocycles. The monoisotopic (exact) mass is 1760 g/mol. The van der Waals surface area contributed by atoms with E-state index in [2.05, 4.69) is 508 Å². The topological polar surface area (TPSA) is 42.7 Å². The lowest BCUT2D eigenvalue weighted by atomic mass is 9.82. The van der Waals surface area contributed by atoms with E-state index in [1.54, 1.807) is 0 Å². The molecule has 8 aromatic heterocycles. The van der Waals surface area contributed by atoms with Crippen LogP contribution in [0.25, 0.3) is 252 Å². The highest BCUT2D eigenvalue weighted by Crippen LogP contribution is 2.55. The van der Waals surface area contributed by atoms with Gasteiger partial charge < -0.3 is 31.8 Å². The normalized spacial score (nSPS) is 12.5. The summed E-state index contributed by atoms with van der Waals surface area (Å²) in [4.78, 5) is 0. The Morgan fingerprint density at radius 1 is 0.190 bits per heavy atom. The molecule has 0 bridgehead atoms. The highest BCUT2D eigenvalue weighted by molar-refractivity contribution is 7.26. The fourth-order valence-corrected chi connectivity index (χ4v) is 24.2. The molecule has 0 fully saturated rings. The standard InChI is InChI=1S/C45H32N2.C42H26N2O.C42H26N2S/c1-45(2)37-19-11-9-18-34(37)43-38(45)23-26-42-44(43)36-28-30(22-25-41(36)47(42)32-15-7-4-8-16-32)29-21-24-40-35(27-29)33-17-10-12-20-39(33)46(40)31-13-5-3-6-14-31;2*1-3-11-29(12-4-1)43-36-17-9-7-15-31(36)34-25-27(19-22-37(34)43)28-20-23-38-35(26-28)32-21-24-40-41(33-16-8-10-18-39(33)45-40)42(32)44(38)30-13-5-2-6-14-30/h3-28H,1-2H3;2*1-26H. The molecular weight excluding hydrogens is 1680 g/mol. The van der Waals surface area contributed by atoms with Crippen molar-refractivity contribution in [3.05, 3.63) is 484 Å². The Balaban J connectivity index is 0.000000102. The van der Waals surface area contributed by atoms with E-state index >= 15 is 0 Å². The lowest BCUT2D eigenvalue weighted by Gasteiger charge is -2.21. The number of fused-ring (bicyclic) bond motifs is 30. The van der Waals surface area contributed by atoms with Gasteiger partial charge in [-0.1, -0.05) is 287 Å². The van der Waals surface area contributed by atoms with Gasteiger partial charge in [0.15, 0.2) is 0 Å². The maximum Gasteiger partial charge on any atom is 0.137 e. The van der Waals surface area contributed by atoms with E-state index in [-0.39, 0.29) is 5.41 Å². The molecule has 1 aliphatic rings. The molecule has 0 amide bonds. The van der Waals surface area contributed by atoms with E-state index in [0.717, 1.165) is 27.6 Å². The summed E-state index contributed by atoms with van der Waals surface area (Å²) < 4.78 is 23.4. The summed E-state index contributed by atoms with van der Waals surface area (Å²) in [5.74, 6) is 0. The van der Waals surface area contributed by atoms with Crippen LogP contribution < -0.4 is 0 Å². The van der Waals surface area contributed by atoms with Crippen molar-refractivity contribution in [2.24, 2.45) is 0 Å². The molecule has 29 aromatic rings. The lowest BCUT2D eigenvalue weighted by Crippen LogP contribution is -2.14. The molecule has 21 aromatic carbocycles. The van der Waals surface area contributed by atoms with E-state index in [9.17, 15) is 0 Å². The number of thiophene rings is 1. The summed E-state index contributed by atoms with van der Waals surface area (Å²) in [5, 5.41) is 20.2. The van der Waals surface area contributed by atoms with Gasteiger partial charge in [-0.2, -0.15) is 0 Å². The number of hydrogen-bond acceptors (Lipinski definition) is 2. The number of nitrogens with zero attached hydrogens (tertiary/aromatic N) is 6. The van der Waals surface area contributed by atoms with Gasteiger partial charge in [-0.15, -0.1) is 11.3 Å². The minimum absolute atomic E-state index is 0.0586. The van der Waals surface area contributed by atoms with Crippen LogP contribution in [0.1, 0.15) is 25.0 Å². The zero-order valence-corrected chi connectivity index (χ0v) is 75.8. The number of aromatic nitrogens is 6. The van der Waals surface area contributed by atoms with Crippen molar-refractivity contribution in [1.82, 2.24) is 27.4 Å². The van der Waals surface area contributed by atoms with Crippen LogP contribution in [-0.2, 0) is 5.41 Å². The van der Waals surface area contributed by atoms with Crippen molar-refractivity contribution in [1.29, 1.82) is 0 Å². The third kappa shape index (κ3) is 12.0. The molecular formula is C129H84N6OS. The third-order valence-electron chi connectivity index (χ3n) is 29.1. The lowest BCUT2D eigenvalue weighted by molar-refractivity contribution is 0.661. The van der Waals surface area contributed by atoms with Crippen LogP contribution in [-0.4, -0.2) is 27.4 Å². The quantitative estimate of drug-likeness (QED) is 0.142. The summed E-state index contributed by atoms with van der Waals surface area (Å²) in [5.41, 5.74) is 36.3. The first-order chi connectivity index (χ1) is 67.8. The molecule has 642 valence electrons. The largest absolute Gasteiger partial charge is 0.456 e. The van der Waals surface area contributed by atoms with Gasteiger partial charge in [0.25, 0.3) is 0 Å². The van der Waals surface area contributed by atoms with Crippen molar-refractivity contribution < 1.29 is 4.42 Å². The Kier molecular flexibility index (Phi) is 17.5. The Labute approximate surface area is 792 Å². The summed E-state index contributed by atoms with van der Waals surface area (Å²) >= 11 is 1.88. The van der Waals surface area contributed by atoms with Crippen LogP contribution >= 0.6 is 11.3 Å². The summed E-state index contributed by atoms with van der Waals surface area (Å²) in [6.45, 7) is 4.73. The Morgan fingerprint density at radius 3 is 0.949 bits per heavy atom. The fraction of sp³-hybridized carbons (Fsp3) is 0.0233. The van der Waals surface area contributed by atoms with Crippen LogP contribution in [0.3, 0.4) is 0 Å². The van der Waals surface area contributed by atoms with Crippen LogP contribution in [0, 0.1) is 0 Å². The molecule has 0 unspecified atom stereocenters. The van der Waals surface area contributed by atoms with Gasteiger partial charge in [0.2, 0.25) is 0 Å². The van der Waals surface area contributed by atoms with Gasteiger partial charge in [0, 0.05) is 130 Å². The Bertz CT molecular complexity index is 9610.